The quantitative estimate of drug-likeness (QED) is 0.586. The normalized spacial score (nSPS) is 21.1. The Labute approximate surface area is 179 Å². The zero-order valence-corrected chi connectivity index (χ0v) is 17.3. The van der Waals surface area contributed by atoms with Crippen molar-refractivity contribution >= 4 is 17.5 Å². The van der Waals surface area contributed by atoms with Gasteiger partial charge >= 0.3 is 5.97 Å². The molecule has 1 saturated heterocycles. The summed E-state index contributed by atoms with van der Waals surface area (Å²) < 4.78 is 6.20. The number of rotatable bonds is 4. The number of carboxylic acid groups (broad SMARTS) is 1. The summed E-state index contributed by atoms with van der Waals surface area (Å²) in [6.07, 6.45) is -0.380. The Bertz CT molecular complexity index is 1100. The van der Waals surface area contributed by atoms with Crippen molar-refractivity contribution in [2.75, 3.05) is 17.2 Å². The van der Waals surface area contributed by atoms with Crippen LogP contribution in [0.2, 0.25) is 0 Å². The van der Waals surface area contributed by atoms with Crippen LogP contribution in [-0.2, 0) is 4.74 Å². The third kappa shape index (κ3) is 4.02. The maximum atomic E-state index is 11.1. The van der Waals surface area contributed by atoms with E-state index in [-0.39, 0.29) is 29.6 Å². The van der Waals surface area contributed by atoms with E-state index in [0.29, 0.717) is 29.3 Å². The first-order valence-electron chi connectivity index (χ1n) is 10.0. The van der Waals surface area contributed by atoms with Crippen LogP contribution in [0.4, 0.5) is 11.5 Å². The lowest BCUT2D eigenvalue weighted by molar-refractivity contribution is -0.0372. The maximum Gasteiger partial charge on any atom is 0.335 e. The molecule has 0 bridgehead atoms. The summed E-state index contributed by atoms with van der Waals surface area (Å²) in [5.41, 5.74) is 9.12. The molecule has 4 N–H and O–H groups in total. The van der Waals surface area contributed by atoms with E-state index in [1.807, 2.05) is 26.0 Å². The van der Waals surface area contributed by atoms with E-state index in [1.165, 1.54) is 0 Å². The lowest BCUT2D eigenvalue weighted by atomic mass is 10.0. The van der Waals surface area contributed by atoms with Crippen LogP contribution in [0, 0.1) is 0 Å². The number of aromatic hydroxyl groups is 1. The molecule has 0 aliphatic carbocycles. The molecule has 0 radical (unpaired) electrons. The minimum atomic E-state index is -0.966. The zero-order valence-electron chi connectivity index (χ0n) is 17.3. The predicted octanol–water partition coefficient (Wildman–Crippen LogP) is 3.48. The molecule has 1 aliphatic heterocycles. The Morgan fingerprint density at radius 1 is 1.13 bits per heavy atom. The lowest BCUT2D eigenvalue weighted by Gasteiger charge is -2.43. The van der Waals surface area contributed by atoms with Crippen LogP contribution in [0.5, 0.6) is 5.75 Å². The molecular weight excluding hydrogens is 396 g/mol. The number of aromatic nitrogens is 2. The fourth-order valence-electron chi connectivity index (χ4n) is 3.80. The van der Waals surface area contributed by atoms with E-state index in [4.69, 9.17) is 15.6 Å². The molecule has 3 aromatic rings. The highest BCUT2D eigenvalue weighted by Crippen LogP contribution is 2.37. The number of hydrogen-bond donors (Lipinski definition) is 3. The molecule has 4 rings (SSSR count). The van der Waals surface area contributed by atoms with Crippen molar-refractivity contribution in [3.8, 4) is 17.0 Å². The fourth-order valence-corrected chi connectivity index (χ4v) is 3.80. The molecule has 0 spiro atoms. The van der Waals surface area contributed by atoms with Gasteiger partial charge < -0.3 is 25.6 Å². The average molecular weight is 420 g/mol. The third-order valence-electron chi connectivity index (χ3n) is 5.73. The number of phenols is 1. The second-order valence-electron chi connectivity index (χ2n) is 7.67. The third-order valence-corrected chi connectivity index (χ3v) is 5.73. The fraction of sp³-hybridized carbons (Fsp3) is 0.261. The summed E-state index contributed by atoms with van der Waals surface area (Å²) in [5.74, 6) is -0.556. The van der Waals surface area contributed by atoms with Crippen LogP contribution in [0.15, 0.2) is 54.6 Å². The largest absolute Gasteiger partial charge is 0.507 e. The maximum absolute atomic E-state index is 11.1. The highest BCUT2D eigenvalue weighted by Gasteiger charge is 2.34. The predicted molar refractivity (Wildman–Crippen MR) is 117 cm³/mol. The lowest BCUT2D eigenvalue weighted by Crippen LogP contribution is -2.50. The number of carbonyl (C=O) groups is 1. The van der Waals surface area contributed by atoms with Gasteiger partial charge in [-0.2, -0.15) is 0 Å². The van der Waals surface area contributed by atoms with Crippen LogP contribution in [0.3, 0.4) is 0 Å². The highest BCUT2D eigenvalue weighted by atomic mass is 16.5. The van der Waals surface area contributed by atoms with Crippen LogP contribution in [-0.4, -0.2) is 45.1 Å². The van der Waals surface area contributed by atoms with Crippen LogP contribution < -0.4 is 10.6 Å². The van der Waals surface area contributed by atoms with Crippen molar-refractivity contribution in [1.29, 1.82) is 0 Å². The van der Waals surface area contributed by atoms with Gasteiger partial charge in [0.05, 0.1) is 29.1 Å². The summed E-state index contributed by atoms with van der Waals surface area (Å²) in [4.78, 5) is 13.3. The second-order valence-corrected chi connectivity index (χ2v) is 7.67. The summed E-state index contributed by atoms with van der Waals surface area (Å²) in [7, 11) is 0. The number of benzene rings is 2. The van der Waals surface area contributed by atoms with Crippen molar-refractivity contribution in [3.63, 3.8) is 0 Å². The summed E-state index contributed by atoms with van der Waals surface area (Å²) in [6.45, 7) is 4.55. The Morgan fingerprint density at radius 3 is 2.52 bits per heavy atom. The van der Waals surface area contributed by atoms with Gasteiger partial charge in [0.15, 0.2) is 5.82 Å². The number of nitrogens with two attached hydrogens (primary N) is 1. The number of nitrogen functional groups attached to an aromatic ring is 1. The topological polar surface area (TPSA) is 122 Å². The molecule has 8 heteroatoms. The summed E-state index contributed by atoms with van der Waals surface area (Å²) in [5, 5.41) is 27.6. The Balaban J connectivity index is 1.68. The first-order chi connectivity index (χ1) is 14.8. The second kappa shape index (κ2) is 8.23. The van der Waals surface area contributed by atoms with Crippen molar-refractivity contribution in [2.45, 2.75) is 32.1 Å². The van der Waals surface area contributed by atoms with Crippen LogP contribution in [0.25, 0.3) is 11.3 Å². The van der Waals surface area contributed by atoms with Gasteiger partial charge in [0.25, 0.3) is 0 Å². The Morgan fingerprint density at radius 2 is 1.84 bits per heavy atom. The van der Waals surface area contributed by atoms with E-state index in [1.54, 1.807) is 42.5 Å². The number of phenolic OH excluding ortho intramolecular Hbond substituents is 1. The van der Waals surface area contributed by atoms with E-state index in [0.717, 1.165) is 5.56 Å². The van der Waals surface area contributed by atoms with E-state index < -0.39 is 5.97 Å². The molecule has 0 unspecified atom stereocenters. The minimum absolute atomic E-state index is 0.0123. The van der Waals surface area contributed by atoms with Crippen molar-refractivity contribution in [2.24, 2.45) is 0 Å². The molecular formula is C23H24N4O4. The van der Waals surface area contributed by atoms with Gasteiger partial charge in [0, 0.05) is 12.1 Å². The molecule has 160 valence electrons. The summed E-state index contributed by atoms with van der Waals surface area (Å²) in [6, 6.07) is 15.5. The molecule has 3 atom stereocenters. The number of nitrogens with zero attached hydrogens (tertiary/aromatic N) is 3. The molecule has 8 nitrogen and oxygen atoms in total. The monoisotopic (exact) mass is 420 g/mol. The van der Waals surface area contributed by atoms with Gasteiger partial charge in [0.2, 0.25) is 0 Å². The number of morpholine rings is 1. The molecule has 1 aliphatic rings. The van der Waals surface area contributed by atoms with Gasteiger partial charge in [-0.15, -0.1) is 10.2 Å². The molecule has 0 saturated carbocycles. The van der Waals surface area contributed by atoms with Crippen LogP contribution >= 0.6 is 0 Å². The van der Waals surface area contributed by atoms with E-state index in [9.17, 15) is 9.90 Å². The molecule has 1 aromatic heterocycles. The molecule has 31 heavy (non-hydrogen) atoms. The highest BCUT2D eigenvalue weighted by molar-refractivity contribution is 5.87. The average Bonchev–Trinajstić information content (AvgIpc) is 2.76. The molecule has 2 aromatic carbocycles. The Hall–Kier alpha value is -3.65. The van der Waals surface area contributed by atoms with Crippen molar-refractivity contribution < 1.29 is 19.7 Å². The van der Waals surface area contributed by atoms with Gasteiger partial charge in [-0.05, 0) is 49.7 Å². The smallest absolute Gasteiger partial charge is 0.335 e. The number of para-hydroxylation sites is 1. The van der Waals surface area contributed by atoms with Gasteiger partial charge in [-0.25, -0.2) is 4.79 Å². The number of anilines is 2. The molecule has 2 heterocycles. The van der Waals surface area contributed by atoms with E-state index >= 15 is 0 Å². The molecule has 1 fully saturated rings. The van der Waals surface area contributed by atoms with E-state index in [2.05, 4.69) is 15.1 Å². The summed E-state index contributed by atoms with van der Waals surface area (Å²) >= 11 is 0. The van der Waals surface area contributed by atoms with Crippen molar-refractivity contribution in [1.82, 2.24) is 10.2 Å². The Kier molecular flexibility index (Phi) is 5.48. The molecule has 0 amide bonds. The zero-order chi connectivity index (χ0) is 22.1. The standard InChI is InChI=1S/C23H24N4O4/c1-13-14(2)31-21(15-7-9-16(10-8-15)23(29)30)12-27(13)19-11-18(25-26-22(19)24)17-5-3-4-6-20(17)28/h3-11,13-14,21,28H,12H2,1-2H3,(H2,24,26)(H,29,30)/t13-,14+,21+/m1/s1. The van der Waals surface area contributed by atoms with Crippen LogP contribution in [0.1, 0.15) is 35.9 Å². The van der Waals surface area contributed by atoms with Gasteiger partial charge in [0.1, 0.15) is 11.9 Å². The van der Waals surface area contributed by atoms with Gasteiger partial charge in [-0.3, -0.25) is 0 Å². The number of carboxylic acids is 1. The number of hydrogen-bond acceptors (Lipinski definition) is 7. The first kappa shape index (κ1) is 20.6. The van der Waals surface area contributed by atoms with Gasteiger partial charge in [-0.1, -0.05) is 24.3 Å². The minimum Gasteiger partial charge on any atom is -0.507 e. The SMILES string of the molecule is C[C@@H]1O[C@H](c2ccc(C(=O)O)cc2)CN(c2cc(-c3ccccc3O)nnc2N)[C@@H]1C. The first-order valence-corrected chi connectivity index (χ1v) is 10.0. The number of aromatic carboxylic acids is 1. The van der Waals surface area contributed by atoms with Crippen molar-refractivity contribution in [3.05, 3.63) is 65.7 Å². The number of ether oxygens (including phenoxy) is 1.